The van der Waals surface area contributed by atoms with Crippen molar-refractivity contribution >= 4 is 18.1 Å². The van der Waals surface area contributed by atoms with E-state index >= 15 is 0 Å². The lowest BCUT2D eigenvalue weighted by molar-refractivity contribution is -0.126. The summed E-state index contributed by atoms with van der Waals surface area (Å²) in [6, 6.07) is 0. The molecular formula is C6H3NO3. The summed E-state index contributed by atoms with van der Waals surface area (Å²) in [5, 5.41) is 1.92. The van der Waals surface area contributed by atoms with Gasteiger partial charge >= 0.3 is 0 Å². The quantitative estimate of drug-likeness (QED) is 0.216. The zero-order valence-electron chi connectivity index (χ0n) is 4.88. The van der Waals surface area contributed by atoms with E-state index in [0.29, 0.717) is 6.29 Å². The smallest absolute Gasteiger partial charge is 0.269 e. The summed E-state index contributed by atoms with van der Waals surface area (Å²) in [6.07, 6.45) is 1.35. The fraction of sp³-hybridized carbons (Fsp3) is 0. The van der Waals surface area contributed by atoms with Gasteiger partial charge in [-0.2, -0.15) is 0 Å². The molecule has 1 heterocycles. The molecule has 0 aromatic carbocycles. The lowest BCUT2D eigenvalue weighted by atomic mass is 10.2. The van der Waals surface area contributed by atoms with Gasteiger partial charge in [0.05, 0.1) is 0 Å². The highest BCUT2D eigenvalue weighted by Gasteiger charge is 2.13. The first-order valence-electron chi connectivity index (χ1n) is 2.51. The Labute approximate surface area is 56.2 Å². The maximum Gasteiger partial charge on any atom is 0.269 e. The van der Waals surface area contributed by atoms with Gasteiger partial charge in [-0.25, -0.2) is 0 Å². The molecule has 50 valence electrons. The molecule has 0 atom stereocenters. The highest BCUT2D eigenvalue weighted by atomic mass is 16.2. The van der Waals surface area contributed by atoms with Crippen LogP contribution in [0.2, 0.25) is 0 Å². The SMILES string of the molecule is O=CC1=C=CC(=O)NC1=O. The van der Waals surface area contributed by atoms with E-state index in [1.807, 2.05) is 5.32 Å². The fourth-order valence-electron chi connectivity index (χ4n) is 0.512. The molecular weight excluding hydrogens is 134 g/mol. The second kappa shape index (κ2) is 2.29. The summed E-state index contributed by atoms with van der Waals surface area (Å²) in [5.74, 6) is -1.24. The van der Waals surface area contributed by atoms with E-state index in [2.05, 4.69) is 5.73 Å². The zero-order valence-corrected chi connectivity index (χ0v) is 4.88. The Morgan fingerprint density at radius 1 is 1.50 bits per heavy atom. The third-order valence-corrected chi connectivity index (χ3v) is 0.958. The topological polar surface area (TPSA) is 63.2 Å². The van der Waals surface area contributed by atoms with Gasteiger partial charge in [0.15, 0.2) is 6.29 Å². The summed E-state index contributed by atoms with van der Waals surface area (Å²) in [7, 11) is 0. The highest BCUT2D eigenvalue weighted by molar-refractivity contribution is 6.19. The molecule has 0 saturated carbocycles. The summed E-state index contributed by atoms with van der Waals surface area (Å²) in [4.78, 5) is 30.9. The van der Waals surface area contributed by atoms with Crippen LogP contribution in [0.4, 0.5) is 0 Å². The number of imide groups is 1. The van der Waals surface area contributed by atoms with Crippen molar-refractivity contribution < 1.29 is 14.4 Å². The van der Waals surface area contributed by atoms with Gasteiger partial charge in [0.2, 0.25) is 0 Å². The molecule has 1 rings (SSSR count). The van der Waals surface area contributed by atoms with Crippen molar-refractivity contribution in [3.05, 3.63) is 17.4 Å². The molecule has 0 aromatic rings. The molecule has 0 bridgehead atoms. The maximum absolute atomic E-state index is 10.6. The summed E-state index contributed by atoms with van der Waals surface area (Å²) in [6.45, 7) is 0. The number of carbonyl (C=O) groups excluding carboxylic acids is 3. The average Bonchev–Trinajstić information content (AvgIpc) is 1.88. The van der Waals surface area contributed by atoms with E-state index in [9.17, 15) is 14.4 Å². The Morgan fingerprint density at radius 2 is 2.20 bits per heavy atom. The number of aldehydes is 1. The Bertz CT molecular complexity index is 271. The minimum Gasteiger partial charge on any atom is -0.297 e. The zero-order chi connectivity index (χ0) is 7.56. The van der Waals surface area contributed by atoms with Crippen LogP contribution in [0.25, 0.3) is 0 Å². The number of hydrogen-bond donors (Lipinski definition) is 1. The molecule has 0 saturated heterocycles. The molecule has 4 nitrogen and oxygen atoms in total. The average molecular weight is 137 g/mol. The summed E-state index contributed by atoms with van der Waals surface area (Å²) < 4.78 is 0. The molecule has 0 fully saturated rings. The van der Waals surface area contributed by atoms with Gasteiger partial charge in [-0.15, -0.1) is 0 Å². The first-order valence-corrected chi connectivity index (χ1v) is 2.51. The molecule has 1 aliphatic heterocycles. The number of nitrogens with one attached hydrogen (secondary N) is 1. The van der Waals surface area contributed by atoms with E-state index < -0.39 is 11.8 Å². The minimum absolute atomic E-state index is 0.153. The van der Waals surface area contributed by atoms with Gasteiger partial charge in [0.1, 0.15) is 5.57 Å². The van der Waals surface area contributed by atoms with Crippen LogP contribution in [-0.4, -0.2) is 18.1 Å². The molecule has 4 heteroatoms. The van der Waals surface area contributed by atoms with Crippen LogP contribution < -0.4 is 5.32 Å². The van der Waals surface area contributed by atoms with Crippen molar-refractivity contribution in [2.75, 3.05) is 0 Å². The molecule has 0 aromatic heterocycles. The van der Waals surface area contributed by atoms with Gasteiger partial charge in [-0.1, -0.05) is 5.73 Å². The standard InChI is InChI=1S/C6H3NO3/c8-3-4-1-2-5(9)7-6(4)10/h2-3H,(H,7,9,10). The second-order valence-corrected chi connectivity index (χ2v) is 1.64. The highest BCUT2D eigenvalue weighted by Crippen LogP contribution is 1.91. The van der Waals surface area contributed by atoms with Crippen molar-refractivity contribution in [3.8, 4) is 0 Å². The Kier molecular flexibility index (Phi) is 1.48. The van der Waals surface area contributed by atoms with Crippen molar-refractivity contribution in [3.63, 3.8) is 0 Å². The van der Waals surface area contributed by atoms with E-state index in [1.165, 1.54) is 0 Å². The van der Waals surface area contributed by atoms with Crippen molar-refractivity contribution in [2.45, 2.75) is 0 Å². The van der Waals surface area contributed by atoms with Gasteiger partial charge < -0.3 is 0 Å². The van der Waals surface area contributed by atoms with Crippen LogP contribution in [0.1, 0.15) is 0 Å². The van der Waals surface area contributed by atoms with Gasteiger partial charge in [0, 0.05) is 6.08 Å². The van der Waals surface area contributed by atoms with Crippen LogP contribution >= 0.6 is 0 Å². The summed E-state index contributed by atoms with van der Waals surface area (Å²) in [5.41, 5.74) is 2.08. The Morgan fingerprint density at radius 3 is 2.70 bits per heavy atom. The molecule has 0 spiro atoms. The summed E-state index contributed by atoms with van der Waals surface area (Å²) >= 11 is 0. The van der Waals surface area contributed by atoms with Crippen LogP contribution in [0.5, 0.6) is 0 Å². The molecule has 0 unspecified atom stereocenters. The van der Waals surface area contributed by atoms with Crippen molar-refractivity contribution in [1.82, 2.24) is 5.32 Å². The minimum atomic E-state index is -0.692. The number of carbonyl (C=O) groups is 3. The monoisotopic (exact) mass is 137 g/mol. The van der Waals surface area contributed by atoms with Gasteiger partial charge in [0.25, 0.3) is 11.8 Å². The van der Waals surface area contributed by atoms with E-state index in [1.54, 1.807) is 0 Å². The molecule has 1 N–H and O–H groups in total. The molecule has 1 aliphatic rings. The predicted molar refractivity (Wildman–Crippen MR) is 30.8 cm³/mol. The second-order valence-electron chi connectivity index (χ2n) is 1.64. The third kappa shape index (κ3) is 1.01. The Balaban J connectivity index is 3.10. The fourth-order valence-corrected chi connectivity index (χ4v) is 0.512. The van der Waals surface area contributed by atoms with Crippen LogP contribution in [-0.2, 0) is 14.4 Å². The largest absolute Gasteiger partial charge is 0.297 e. The third-order valence-electron chi connectivity index (χ3n) is 0.958. The first kappa shape index (κ1) is 6.45. The maximum atomic E-state index is 10.6. The van der Waals surface area contributed by atoms with Crippen LogP contribution in [0.15, 0.2) is 17.4 Å². The number of amides is 2. The molecule has 0 aliphatic carbocycles. The normalized spacial score (nSPS) is 16.2. The predicted octanol–water partition coefficient (Wildman–Crippen LogP) is -1.08. The van der Waals surface area contributed by atoms with Crippen molar-refractivity contribution in [1.29, 1.82) is 0 Å². The van der Waals surface area contributed by atoms with Gasteiger partial charge in [-0.3, -0.25) is 19.7 Å². The molecule has 2 amide bonds. The molecule has 10 heavy (non-hydrogen) atoms. The number of hydrogen-bond acceptors (Lipinski definition) is 3. The lowest BCUT2D eigenvalue weighted by Crippen LogP contribution is -2.32. The van der Waals surface area contributed by atoms with Crippen LogP contribution in [0, 0.1) is 0 Å². The first-order chi connectivity index (χ1) is 4.74. The van der Waals surface area contributed by atoms with E-state index in [0.717, 1.165) is 6.08 Å². The van der Waals surface area contributed by atoms with Crippen molar-refractivity contribution in [2.24, 2.45) is 0 Å². The van der Waals surface area contributed by atoms with Crippen LogP contribution in [0.3, 0.4) is 0 Å². The van der Waals surface area contributed by atoms with E-state index in [4.69, 9.17) is 0 Å². The Hall–Kier alpha value is -1.67. The van der Waals surface area contributed by atoms with Gasteiger partial charge in [-0.05, 0) is 0 Å². The lowest BCUT2D eigenvalue weighted by Gasteiger charge is -2.00. The van der Waals surface area contributed by atoms with E-state index in [-0.39, 0.29) is 5.57 Å². The number of rotatable bonds is 1. The molecule has 0 radical (unpaired) electrons.